The molecule has 3 N–H and O–H groups in total. The van der Waals surface area contributed by atoms with E-state index >= 15 is 0 Å². The molecule has 0 saturated heterocycles. The molecule has 0 fully saturated rings. The third-order valence-electron chi connectivity index (χ3n) is 1.54. The summed E-state index contributed by atoms with van der Waals surface area (Å²) < 4.78 is 10.3. The van der Waals surface area contributed by atoms with Crippen LogP contribution in [-0.2, 0) is 4.57 Å². The fourth-order valence-corrected chi connectivity index (χ4v) is 0.600. The van der Waals surface area contributed by atoms with Crippen molar-refractivity contribution in [3.8, 4) is 0 Å². The molecule has 0 saturated carbocycles. The summed E-state index contributed by atoms with van der Waals surface area (Å²) in [6, 6.07) is 0. The summed E-state index contributed by atoms with van der Waals surface area (Å²) in [6.45, 7) is 2.23. The summed E-state index contributed by atoms with van der Waals surface area (Å²) in [5, 5.41) is 16.8. The van der Waals surface area contributed by atoms with E-state index in [-0.39, 0.29) is 13.2 Å². The normalized spacial score (nSPS) is 11.9. The maximum absolute atomic E-state index is 8.66. The van der Waals surface area contributed by atoms with Crippen LogP contribution in [0.3, 0.4) is 0 Å². The number of hydrogen-bond donors (Lipinski definition) is 3. The van der Waals surface area contributed by atoms with Crippen molar-refractivity contribution in [3.05, 3.63) is 0 Å². The highest BCUT2D eigenvalue weighted by molar-refractivity contribution is 7.42. The first kappa shape index (κ1) is 24.0. The van der Waals surface area contributed by atoms with Crippen LogP contribution in [0.15, 0.2) is 0 Å². The van der Waals surface area contributed by atoms with E-state index in [1.807, 2.05) is 0 Å². The lowest BCUT2D eigenvalue weighted by Gasteiger charge is -2.21. The van der Waals surface area contributed by atoms with Crippen LogP contribution in [0.5, 0.6) is 0 Å². The summed E-state index contributed by atoms with van der Waals surface area (Å²) in [6.07, 6.45) is 0. The molecule has 0 unspecified atom stereocenters. The van der Waals surface area contributed by atoms with Crippen molar-refractivity contribution in [1.82, 2.24) is 0 Å². The molecule has 0 aliphatic carbocycles. The number of rotatable bonds is 4. The molecule has 0 atom stereocenters. The van der Waals surface area contributed by atoms with Crippen molar-refractivity contribution in [3.63, 3.8) is 0 Å². The van der Waals surface area contributed by atoms with Crippen molar-refractivity contribution >= 4 is 7.82 Å². The molecule has 0 aromatic rings. The lowest BCUT2D eigenvalue weighted by Crippen LogP contribution is -2.36. The van der Waals surface area contributed by atoms with E-state index in [0.717, 1.165) is 22.1 Å². The summed E-state index contributed by atoms with van der Waals surface area (Å²) in [7, 11) is 7.17. The minimum Gasteiger partial charge on any atom is -0.790 e. The van der Waals surface area contributed by atoms with Crippen LogP contribution in [0.25, 0.3) is 0 Å². The first-order chi connectivity index (χ1) is 8.12. The Morgan fingerprint density at radius 3 is 1.00 bits per heavy atom. The number of likely N-dealkylation sites (N-methyl/N-ethyl adjacent to an activating group) is 2. The Balaban J connectivity index is -0.000000206. The van der Waals surface area contributed by atoms with Crippen molar-refractivity contribution in [2.75, 3.05) is 68.6 Å². The van der Waals surface area contributed by atoms with Crippen molar-refractivity contribution in [2.24, 2.45) is 0 Å². The van der Waals surface area contributed by atoms with Crippen LogP contribution in [0.1, 0.15) is 0 Å². The smallest absolute Gasteiger partial charge is 0.101 e. The van der Waals surface area contributed by atoms with Gasteiger partial charge in [0.25, 0.3) is 0 Å². The topological polar surface area (TPSA) is 124 Å². The van der Waals surface area contributed by atoms with Gasteiger partial charge in [0.05, 0.1) is 63.3 Å². The second-order valence-electron chi connectivity index (χ2n) is 5.94. The molecule has 0 aromatic heterocycles. The minimum absolute atomic E-state index is 0.281. The van der Waals surface area contributed by atoms with Crippen LogP contribution in [0.4, 0.5) is 0 Å². The van der Waals surface area contributed by atoms with Gasteiger partial charge in [0.15, 0.2) is 0 Å². The van der Waals surface area contributed by atoms with Crippen LogP contribution in [0.2, 0.25) is 0 Å². The van der Waals surface area contributed by atoms with Crippen LogP contribution >= 0.6 is 7.82 Å². The predicted molar refractivity (Wildman–Crippen MR) is 69.8 cm³/mol. The van der Waals surface area contributed by atoms with Crippen molar-refractivity contribution in [1.29, 1.82) is 0 Å². The highest BCUT2D eigenvalue weighted by atomic mass is 31.2. The molecule has 0 bridgehead atoms. The number of quaternary nitrogens is 2. The molecule has 9 heteroatoms. The van der Waals surface area contributed by atoms with Gasteiger partial charge in [-0.3, -0.25) is 0 Å². The Bertz CT molecular complexity index is 219. The highest BCUT2D eigenvalue weighted by Crippen LogP contribution is 2.11. The van der Waals surface area contributed by atoms with Crippen LogP contribution < -0.4 is 9.79 Å². The number of aliphatic hydroxyl groups is 2. The Hall–Kier alpha value is -0.0500. The molecule has 0 spiro atoms. The van der Waals surface area contributed by atoms with E-state index in [9.17, 15) is 0 Å². The molecule has 0 aliphatic heterocycles. The summed E-state index contributed by atoms with van der Waals surface area (Å²) in [5.41, 5.74) is 0. The maximum Gasteiger partial charge on any atom is 0.101 e. The van der Waals surface area contributed by atoms with Gasteiger partial charge in [0, 0.05) is 0 Å². The molecule has 19 heavy (non-hydrogen) atoms. The summed E-state index contributed by atoms with van der Waals surface area (Å²) in [5.74, 6) is 0. The van der Waals surface area contributed by atoms with Crippen LogP contribution in [0, 0.1) is 0 Å². The Morgan fingerprint density at radius 1 is 0.842 bits per heavy atom. The zero-order valence-corrected chi connectivity index (χ0v) is 13.6. The largest absolute Gasteiger partial charge is 0.790 e. The van der Waals surface area contributed by atoms with Crippen molar-refractivity contribution < 1.29 is 38.4 Å². The Morgan fingerprint density at radius 2 is 1.00 bits per heavy atom. The molecule has 0 amide bonds. The zero-order valence-electron chi connectivity index (χ0n) is 12.7. The second-order valence-corrected chi connectivity index (χ2v) is 6.88. The molecule has 0 aromatic carbocycles. The Kier molecular flexibility index (Phi) is 13.5. The number of nitrogens with zero attached hydrogens (tertiary/aromatic N) is 2. The molecule has 0 aliphatic rings. The van der Waals surface area contributed by atoms with Crippen molar-refractivity contribution in [2.45, 2.75) is 0 Å². The lowest BCUT2D eigenvalue weighted by atomic mass is 10.5. The lowest BCUT2D eigenvalue weighted by molar-refractivity contribution is -0.870. The third-order valence-corrected chi connectivity index (χ3v) is 1.54. The summed E-state index contributed by atoms with van der Waals surface area (Å²) >= 11 is 0. The number of phosphoric acid groups is 1. The number of hydrogen-bond acceptors (Lipinski definition) is 5. The first-order valence-electron chi connectivity index (χ1n) is 5.70. The molecule has 8 nitrogen and oxygen atoms in total. The van der Waals surface area contributed by atoms with Gasteiger partial charge in [0.1, 0.15) is 13.1 Å². The molecule has 0 heterocycles. The highest BCUT2D eigenvalue weighted by Gasteiger charge is 2.02. The van der Waals surface area contributed by atoms with E-state index in [1.54, 1.807) is 0 Å². The van der Waals surface area contributed by atoms with E-state index in [0.29, 0.717) is 0 Å². The molecule has 0 rings (SSSR count). The molecule has 120 valence electrons. The standard InChI is InChI=1S/2C5H14NO.H3O4P/c2*1-6(2,3)4-5-7;1-5(2,3)4/h2*7H,4-5H2,1-3H3;(H3,1,2,3,4)/q2*+1;/p-2. The minimum atomic E-state index is -5.14. The monoisotopic (exact) mass is 304 g/mol. The quantitative estimate of drug-likeness (QED) is 0.380. The van der Waals surface area contributed by atoms with Crippen LogP contribution in [-0.4, -0.2) is 92.7 Å². The maximum atomic E-state index is 8.66. The van der Waals surface area contributed by atoms with Gasteiger partial charge in [-0.05, 0) is 0 Å². The third kappa shape index (κ3) is 72.3. The zero-order chi connectivity index (χ0) is 16.3. The Labute approximate surface area is 115 Å². The van der Waals surface area contributed by atoms with E-state index in [2.05, 4.69) is 42.3 Å². The number of aliphatic hydroxyl groups excluding tert-OH is 2. The summed E-state index contributed by atoms with van der Waals surface area (Å²) in [4.78, 5) is 24.3. The van der Waals surface area contributed by atoms with Gasteiger partial charge in [-0.25, -0.2) is 0 Å². The van der Waals surface area contributed by atoms with Gasteiger partial charge < -0.3 is 38.4 Å². The second kappa shape index (κ2) is 10.7. The first-order valence-corrected chi connectivity index (χ1v) is 7.19. The van der Waals surface area contributed by atoms with Gasteiger partial charge in [0.2, 0.25) is 0 Å². The molecule has 0 radical (unpaired) electrons. The molecular weight excluding hydrogens is 275 g/mol. The van der Waals surface area contributed by atoms with Gasteiger partial charge in [-0.2, -0.15) is 0 Å². The van der Waals surface area contributed by atoms with Gasteiger partial charge in [-0.15, -0.1) is 0 Å². The van der Waals surface area contributed by atoms with Gasteiger partial charge in [-0.1, -0.05) is 0 Å². The van der Waals surface area contributed by atoms with Gasteiger partial charge >= 0.3 is 0 Å². The fraction of sp³-hybridized carbons (Fsp3) is 1.00. The van der Waals surface area contributed by atoms with E-state index in [1.165, 1.54) is 0 Å². The SMILES string of the molecule is C[N+](C)(C)CCO.C[N+](C)(C)CCO.O=P([O-])([O-])O. The van der Waals surface area contributed by atoms with E-state index in [4.69, 9.17) is 29.5 Å². The average Bonchev–Trinajstić information content (AvgIpc) is 1.95. The van der Waals surface area contributed by atoms with E-state index < -0.39 is 7.82 Å². The average molecular weight is 304 g/mol. The predicted octanol–water partition coefficient (Wildman–Crippen LogP) is -2.82. The molecular formula is C10H29N2O6P. The fourth-order valence-electron chi connectivity index (χ4n) is 0.600.